The van der Waals surface area contributed by atoms with Gasteiger partial charge in [-0.05, 0) is 43.2 Å². The molecule has 0 aliphatic heterocycles. The maximum Gasteiger partial charge on any atom is 0.411 e. The van der Waals surface area contributed by atoms with Crippen LogP contribution < -0.4 is 5.32 Å². The van der Waals surface area contributed by atoms with Crippen molar-refractivity contribution in [1.29, 1.82) is 0 Å². The number of carbonyl (C=O) groups is 1. The summed E-state index contributed by atoms with van der Waals surface area (Å²) in [5.41, 5.74) is 1.60. The molecule has 0 atom stereocenters. The van der Waals surface area contributed by atoms with Crippen LogP contribution in [-0.4, -0.2) is 26.9 Å². The lowest BCUT2D eigenvalue weighted by Crippen LogP contribution is -2.08. The molecule has 21 heavy (non-hydrogen) atoms. The Balaban J connectivity index is 1.92. The third-order valence-electron chi connectivity index (χ3n) is 2.86. The predicted octanol–water partition coefficient (Wildman–Crippen LogP) is 4.49. The van der Waals surface area contributed by atoms with Crippen LogP contribution in [0.1, 0.15) is 26.2 Å². The Morgan fingerprint density at radius 3 is 3.10 bits per heavy atom. The second-order valence-corrected chi connectivity index (χ2v) is 5.73. The molecule has 0 unspecified atom stereocenters. The lowest BCUT2D eigenvalue weighted by atomic mass is 10.3. The van der Waals surface area contributed by atoms with E-state index in [1.165, 1.54) is 0 Å². The van der Waals surface area contributed by atoms with Gasteiger partial charge in [0.05, 0.1) is 11.0 Å². The first kappa shape index (κ1) is 15.4. The van der Waals surface area contributed by atoms with Crippen molar-refractivity contribution in [2.75, 3.05) is 11.1 Å². The summed E-state index contributed by atoms with van der Waals surface area (Å²) >= 11 is 1.80. The molecule has 1 aromatic heterocycles. The van der Waals surface area contributed by atoms with Gasteiger partial charge in [-0.3, -0.25) is 5.32 Å². The van der Waals surface area contributed by atoms with E-state index in [0.29, 0.717) is 0 Å². The second kappa shape index (κ2) is 7.73. The third-order valence-corrected chi connectivity index (χ3v) is 3.94. The van der Waals surface area contributed by atoms with Crippen LogP contribution >= 0.6 is 11.8 Å². The molecular formula is C15H19N3O2S. The summed E-state index contributed by atoms with van der Waals surface area (Å²) in [5, 5.41) is 10.9. The van der Waals surface area contributed by atoms with E-state index >= 15 is 0 Å². The van der Waals surface area contributed by atoms with Crippen LogP contribution in [-0.2, 0) is 0 Å². The van der Waals surface area contributed by atoms with Crippen LogP contribution in [0.25, 0.3) is 11.0 Å². The van der Waals surface area contributed by atoms with Gasteiger partial charge < -0.3 is 10.1 Å². The van der Waals surface area contributed by atoms with Crippen molar-refractivity contribution < 1.29 is 9.90 Å². The van der Waals surface area contributed by atoms with Gasteiger partial charge in [-0.25, -0.2) is 9.78 Å². The number of unbranched alkanes of at least 4 members (excludes halogenated alkanes) is 1. The van der Waals surface area contributed by atoms with Gasteiger partial charge in [0.25, 0.3) is 0 Å². The summed E-state index contributed by atoms with van der Waals surface area (Å²) in [7, 11) is 0. The smallest absolute Gasteiger partial charge is 0.411 e. The molecule has 2 aromatic rings. The molecule has 0 spiro atoms. The number of nitrogens with zero attached hydrogens (tertiary/aromatic N) is 1. The highest BCUT2D eigenvalue weighted by atomic mass is 32.2. The van der Waals surface area contributed by atoms with Crippen molar-refractivity contribution >= 4 is 34.8 Å². The minimum absolute atomic E-state index is 0.254. The largest absolute Gasteiger partial charge is 0.465 e. The van der Waals surface area contributed by atoms with Gasteiger partial charge >= 0.3 is 6.09 Å². The molecule has 5 nitrogen and oxygen atoms in total. The molecule has 1 amide bonds. The fourth-order valence-corrected chi connectivity index (χ4v) is 2.83. The van der Waals surface area contributed by atoms with Crippen LogP contribution in [0.5, 0.6) is 0 Å². The quantitative estimate of drug-likeness (QED) is 0.400. The number of allylic oxidation sites excluding steroid dienone is 2. The summed E-state index contributed by atoms with van der Waals surface area (Å²) in [6, 6.07) is 5.92. The zero-order valence-electron chi connectivity index (χ0n) is 11.9. The molecule has 0 saturated carbocycles. The van der Waals surface area contributed by atoms with Crippen molar-refractivity contribution in [3.8, 4) is 0 Å². The number of aromatic nitrogens is 2. The number of anilines is 1. The van der Waals surface area contributed by atoms with E-state index < -0.39 is 6.09 Å². The van der Waals surface area contributed by atoms with Crippen molar-refractivity contribution in [3.63, 3.8) is 0 Å². The van der Waals surface area contributed by atoms with Crippen LogP contribution in [0, 0.1) is 0 Å². The predicted molar refractivity (Wildman–Crippen MR) is 87.1 cm³/mol. The molecule has 0 radical (unpaired) electrons. The third kappa shape index (κ3) is 4.82. The van der Waals surface area contributed by atoms with E-state index in [-0.39, 0.29) is 5.95 Å². The maximum atomic E-state index is 10.6. The molecule has 3 N–H and O–H groups in total. The number of aromatic amines is 1. The van der Waals surface area contributed by atoms with Gasteiger partial charge in [0.1, 0.15) is 0 Å². The molecule has 1 heterocycles. The Labute approximate surface area is 127 Å². The number of imidazole rings is 1. The number of rotatable bonds is 7. The number of amides is 1. The first-order chi connectivity index (χ1) is 10.2. The summed E-state index contributed by atoms with van der Waals surface area (Å²) in [4.78, 5) is 18.9. The van der Waals surface area contributed by atoms with Gasteiger partial charge in [0.2, 0.25) is 5.95 Å². The zero-order valence-corrected chi connectivity index (χ0v) is 12.7. The van der Waals surface area contributed by atoms with Crippen molar-refractivity contribution in [1.82, 2.24) is 9.97 Å². The standard InChI is InChI=1S/C15H19N3O2S/c1-2-3-4-5-6-9-21-11-7-8-12-13(10-11)17-14(16-12)18-15(19)20/h3-4,7-8,10H,2,5-6,9H2,1H3,(H,19,20)(H2,16,17,18)/b4-3+. The van der Waals surface area contributed by atoms with Crippen LogP contribution in [0.4, 0.5) is 10.7 Å². The molecule has 112 valence electrons. The summed E-state index contributed by atoms with van der Waals surface area (Å²) < 4.78 is 0. The number of H-pyrrole nitrogens is 1. The lowest BCUT2D eigenvalue weighted by Gasteiger charge is -2.00. The Morgan fingerprint density at radius 1 is 1.48 bits per heavy atom. The van der Waals surface area contributed by atoms with Gasteiger partial charge in [-0.2, -0.15) is 0 Å². The summed E-state index contributed by atoms with van der Waals surface area (Å²) in [6.07, 6.45) is 6.65. The number of hydrogen-bond acceptors (Lipinski definition) is 3. The highest BCUT2D eigenvalue weighted by Gasteiger charge is 2.06. The van der Waals surface area contributed by atoms with Gasteiger partial charge in [-0.15, -0.1) is 11.8 Å². The Morgan fingerprint density at radius 2 is 2.33 bits per heavy atom. The fraction of sp³-hybridized carbons (Fsp3) is 0.333. The average Bonchev–Trinajstić information content (AvgIpc) is 2.83. The van der Waals surface area contributed by atoms with Crippen LogP contribution in [0.2, 0.25) is 0 Å². The van der Waals surface area contributed by atoms with E-state index in [2.05, 4.69) is 34.4 Å². The number of carboxylic acid groups (broad SMARTS) is 1. The number of fused-ring (bicyclic) bond motifs is 1. The lowest BCUT2D eigenvalue weighted by molar-refractivity contribution is 0.209. The molecule has 0 aliphatic rings. The van der Waals surface area contributed by atoms with Crippen LogP contribution in [0.3, 0.4) is 0 Å². The SMILES string of the molecule is CC/C=C/CCCSc1ccc2nc(NC(=O)O)[nH]c2c1. The van der Waals surface area contributed by atoms with Gasteiger partial charge in [0, 0.05) is 4.90 Å². The van der Waals surface area contributed by atoms with E-state index in [0.717, 1.165) is 40.9 Å². The topological polar surface area (TPSA) is 78.0 Å². The minimum atomic E-state index is -1.12. The van der Waals surface area contributed by atoms with Crippen LogP contribution in [0.15, 0.2) is 35.2 Å². The molecule has 0 fully saturated rings. The number of nitrogens with one attached hydrogen (secondary N) is 2. The van der Waals surface area contributed by atoms with E-state index in [9.17, 15) is 4.79 Å². The molecule has 2 rings (SSSR count). The molecule has 0 saturated heterocycles. The van der Waals surface area contributed by atoms with Gasteiger partial charge in [0.15, 0.2) is 0 Å². The Bertz CT molecular complexity index is 637. The first-order valence-corrected chi connectivity index (χ1v) is 7.95. The molecule has 6 heteroatoms. The molecular weight excluding hydrogens is 286 g/mol. The van der Waals surface area contributed by atoms with Crippen molar-refractivity contribution in [2.45, 2.75) is 31.1 Å². The summed E-state index contributed by atoms with van der Waals surface area (Å²) in [6.45, 7) is 2.14. The van der Waals surface area contributed by atoms with Crippen molar-refractivity contribution in [3.05, 3.63) is 30.4 Å². The van der Waals surface area contributed by atoms with Gasteiger partial charge in [-0.1, -0.05) is 19.1 Å². The normalized spacial score (nSPS) is 11.3. The van der Waals surface area contributed by atoms with E-state index in [4.69, 9.17) is 5.11 Å². The van der Waals surface area contributed by atoms with Crippen molar-refractivity contribution in [2.24, 2.45) is 0 Å². The fourth-order valence-electron chi connectivity index (χ4n) is 1.91. The number of benzene rings is 1. The molecule has 0 bridgehead atoms. The molecule has 0 aliphatic carbocycles. The average molecular weight is 305 g/mol. The van der Waals surface area contributed by atoms with E-state index in [1.54, 1.807) is 11.8 Å². The zero-order chi connectivity index (χ0) is 15.1. The second-order valence-electron chi connectivity index (χ2n) is 4.56. The number of hydrogen-bond donors (Lipinski definition) is 3. The Kier molecular flexibility index (Phi) is 5.68. The maximum absolute atomic E-state index is 10.6. The molecule has 1 aromatic carbocycles. The summed E-state index contributed by atoms with van der Waals surface area (Å²) in [5.74, 6) is 1.32. The minimum Gasteiger partial charge on any atom is -0.465 e. The number of thioether (sulfide) groups is 1. The highest BCUT2D eigenvalue weighted by Crippen LogP contribution is 2.24. The Hall–Kier alpha value is -1.95. The first-order valence-electron chi connectivity index (χ1n) is 6.96. The highest BCUT2D eigenvalue weighted by molar-refractivity contribution is 7.99. The van der Waals surface area contributed by atoms with E-state index in [1.807, 2.05) is 18.2 Å². The monoisotopic (exact) mass is 305 g/mol.